The van der Waals surface area contributed by atoms with Crippen LogP contribution in [0.5, 0.6) is 5.88 Å². The Morgan fingerprint density at radius 3 is 2.73 bits per heavy atom. The highest BCUT2D eigenvalue weighted by Crippen LogP contribution is 2.23. The summed E-state index contributed by atoms with van der Waals surface area (Å²) in [5, 5.41) is 8.68. The zero-order chi connectivity index (χ0) is 15.2. The van der Waals surface area contributed by atoms with Crippen LogP contribution in [0, 0.1) is 0 Å². The van der Waals surface area contributed by atoms with Gasteiger partial charge in [0, 0.05) is 18.3 Å². The van der Waals surface area contributed by atoms with E-state index < -0.39 is 0 Å². The second kappa shape index (κ2) is 7.26. The molecule has 116 valence electrons. The van der Waals surface area contributed by atoms with Crippen LogP contribution in [0.25, 0.3) is 0 Å². The van der Waals surface area contributed by atoms with Crippen LogP contribution in [-0.2, 0) is 0 Å². The molecule has 0 unspecified atom stereocenters. The van der Waals surface area contributed by atoms with Crippen LogP contribution in [0.1, 0.15) is 25.7 Å². The van der Waals surface area contributed by atoms with Gasteiger partial charge in [-0.3, -0.25) is 5.32 Å². The van der Waals surface area contributed by atoms with Gasteiger partial charge in [0.15, 0.2) is 0 Å². The number of pyridine rings is 1. The highest BCUT2D eigenvalue weighted by molar-refractivity contribution is 7.14. The van der Waals surface area contributed by atoms with Gasteiger partial charge in [-0.1, -0.05) is 6.07 Å². The molecule has 5 nitrogen and oxygen atoms in total. The van der Waals surface area contributed by atoms with Crippen LogP contribution < -0.4 is 15.4 Å². The van der Waals surface area contributed by atoms with E-state index in [1.807, 2.05) is 35.7 Å². The second-order valence-corrected chi connectivity index (χ2v) is 6.28. The molecule has 1 aliphatic carbocycles. The molecule has 0 aromatic carbocycles. The fourth-order valence-corrected chi connectivity index (χ4v) is 3.21. The van der Waals surface area contributed by atoms with Crippen LogP contribution in [0.4, 0.5) is 9.80 Å². The highest BCUT2D eigenvalue weighted by atomic mass is 32.1. The number of rotatable bonds is 4. The molecule has 1 saturated carbocycles. The Bertz CT molecular complexity index is 581. The molecule has 1 fully saturated rings. The van der Waals surface area contributed by atoms with Crippen LogP contribution in [0.3, 0.4) is 0 Å². The molecular weight excluding hydrogens is 298 g/mol. The zero-order valence-corrected chi connectivity index (χ0v) is 13.0. The first-order chi connectivity index (χ1) is 10.8. The fraction of sp³-hybridized carbons (Fsp3) is 0.375. The molecule has 0 bridgehead atoms. The number of nitrogens with zero attached hydrogens (tertiary/aromatic N) is 1. The lowest BCUT2D eigenvalue weighted by atomic mass is 9.93. The minimum Gasteiger partial charge on any atom is -0.474 e. The maximum atomic E-state index is 11.9. The normalized spacial score (nSPS) is 21.1. The first kappa shape index (κ1) is 14.8. The van der Waals surface area contributed by atoms with Crippen molar-refractivity contribution < 1.29 is 9.53 Å². The highest BCUT2D eigenvalue weighted by Gasteiger charge is 2.23. The summed E-state index contributed by atoms with van der Waals surface area (Å²) in [6.45, 7) is 0. The summed E-state index contributed by atoms with van der Waals surface area (Å²) in [5.41, 5.74) is 0. The lowest BCUT2D eigenvalue weighted by molar-refractivity contribution is 0.135. The third-order valence-electron chi connectivity index (χ3n) is 3.69. The van der Waals surface area contributed by atoms with Crippen molar-refractivity contribution in [2.24, 2.45) is 0 Å². The van der Waals surface area contributed by atoms with Crippen molar-refractivity contribution in [2.45, 2.75) is 37.8 Å². The molecule has 6 heteroatoms. The quantitative estimate of drug-likeness (QED) is 0.904. The van der Waals surface area contributed by atoms with Crippen molar-refractivity contribution in [3.05, 3.63) is 41.9 Å². The monoisotopic (exact) mass is 317 g/mol. The maximum absolute atomic E-state index is 11.9. The van der Waals surface area contributed by atoms with Crippen molar-refractivity contribution in [3.63, 3.8) is 0 Å². The minimum absolute atomic E-state index is 0.128. The number of thiophene rings is 1. The average Bonchev–Trinajstić information content (AvgIpc) is 3.03. The van der Waals surface area contributed by atoms with E-state index in [2.05, 4.69) is 15.6 Å². The van der Waals surface area contributed by atoms with Crippen molar-refractivity contribution in [2.75, 3.05) is 5.32 Å². The van der Waals surface area contributed by atoms with E-state index in [1.165, 1.54) is 11.3 Å². The predicted octanol–water partition coefficient (Wildman–Crippen LogP) is 3.65. The summed E-state index contributed by atoms with van der Waals surface area (Å²) >= 11 is 1.52. The van der Waals surface area contributed by atoms with Crippen LogP contribution in [0.2, 0.25) is 0 Å². The Hall–Kier alpha value is -2.08. The van der Waals surface area contributed by atoms with Crippen LogP contribution >= 0.6 is 11.3 Å². The van der Waals surface area contributed by atoms with E-state index in [4.69, 9.17) is 4.74 Å². The van der Waals surface area contributed by atoms with E-state index in [1.54, 1.807) is 6.20 Å². The lowest BCUT2D eigenvalue weighted by Gasteiger charge is -2.29. The van der Waals surface area contributed by atoms with E-state index >= 15 is 0 Å². The summed E-state index contributed by atoms with van der Waals surface area (Å²) < 4.78 is 5.86. The van der Waals surface area contributed by atoms with Gasteiger partial charge < -0.3 is 10.1 Å². The van der Waals surface area contributed by atoms with Gasteiger partial charge in [0.2, 0.25) is 5.88 Å². The third kappa shape index (κ3) is 4.21. The molecule has 2 aromatic rings. The summed E-state index contributed by atoms with van der Waals surface area (Å²) in [6.07, 6.45) is 5.64. The summed E-state index contributed by atoms with van der Waals surface area (Å²) in [6, 6.07) is 9.56. The van der Waals surface area contributed by atoms with Gasteiger partial charge in [-0.25, -0.2) is 9.78 Å². The molecule has 2 heterocycles. The SMILES string of the molecule is O=C(Nc1cccs1)NC1CCC(Oc2ccccn2)CC1. The lowest BCUT2D eigenvalue weighted by Crippen LogP contribution is -2.41. The fourth-order valence-electron chi connectivity index (χ4n) is 2.60. The molecule has 0 saturated heterocycles. The molecule has 0 spiro atoms. The van der Waals surface area contributed by atoms with Crippen molar-refractivity contribution in [1.29, 1.82) is 0 Å². The maximum Gasteiger partial charge on any atom is 0.320 e. The number of urea groups is 1. The Kier molecular flexibility index (Phi) is 4.90. The van der Waals surface area contributed by atoms with Gasteiger partial charge in [0.25, 0.3) is 0 Å². The van der Waals surface area contributed by atoms with Crippen molar-refractivity contribution in [1.82, 2.24) is 10.3 Å². The van der Waals surface area contributed by atoms with Crippen LogP contribution in [0.15, 0.2) is 41.9 Å². The molecule has 0 radical (unpaired) electrons. The number of carbonyl (C=O) groups is 1. The van der Waals surface area contributed by atoms with Crippen molar-refractivity contribution in [3.8, 4) is 5.88 Å². The Labute approximate surface area is 133 Å². The van der Waals surface area contributed by atoms with Crippen molar-refractivity contribution >= 4 is 22.4 Å². The summed E-state index contributed by atoms with van der Waals surface area (Å²) in [5.74, 6) is 0.675. The number of carbonyl (C=O) groups excluding carboxylic acids is 1. The largest absolute Gasteiger partial charge is 0.474 e. The Balaban J connectivity index is 1.41. The molecule has 3 rings (SSSR count). The van der Waals surface area contributed by atoms with Crippen LogP contribution in [-0.4, -0.2) is 23.2 Å². The summed E-state index contributed by atoms with van der Waals surface area (Å²) in [4.78, 5) is 16.1. The predicted molar refractivity (Wildman–Crippen MR) is 87.4 cm³/mol. The van der Waals surface area contributed by atoms with Gasteiger partial charge in [-0.15, -0.1) is 11.3 Å². The summed E-state index contributed by atoms with van der Waals surface area (Å²) in [7, 11) is 0. The topological polar surface area (TPSA) is 63.2 Å². The molecule has 2 amide bonds. The van der Waals surface area contributed by atoms with E-state index in [0.29, 0.717) is 5.88 Å². The molecule has 0 atom stereocenters. The smallest absolute Gasteiger partial charge is 0.320 e. The second-order valence-electron chi connectivity index (χ2n) is 5.34. The molecule has 2 aromatic heterocycles. The molecular formula is C16H19N3O2S. The number of nitrogens with one attached hydrogen (secondary N) is 2. The van der Waals surface area contributed by atoms with Gasteiger partial charge in [-0.2, -0.15) is 0 Å². The van der Waals surface area contributed by atoms with Gasteiger partial charge in [0.05, 0.1) is 5.00 Å². The molecule has 22 heavy (non-hydrogen) atoms. The third-order valence-corrected chi connectivity index (χ3v) is 4.48. The number of hydrogen-bond donors (Lipinski definition) is 2. The number of aromatic nitrogens is 1. The van der Waals surface area contributed by atoms with Gasteiger partial charge in [0.1, 0.15) is 6.10 Å². The van der Waals surface area contributed by atoms with E-state index in [9.17, 15) is 4.79 Å². The standard InChI is InChI=1S/C16H19N3O2S/c20-16(19-15-5-3-11-22-15)18-12-6-8-13(9-7-12)21-14-4-1-2-10-17-14/h1-5,10-13H,6-9H2,(H2,18,19,20). The number of anilines is 1. The Morgan fingerprint density at radius 1 is 1.18 bits per heavy atom. The number of ether oxygens (including phenoxy) is 1. The van der Waals surface area contributed by atoms with Gasteiger partial charge >= 0.3 is 6.03 Å². The van der Waals surface area contributed by atoms with E-state index in [0.717, 1.165) is 30.7 Å². The first-order valence-electron chi connectivity index (χ1n) is 7.48. The average molecular weight is 317 g/mol. The number of amides is 2. The molecule has 2 N–H and O–H groups in total. The first-order valence-corrected chi connectivity index (χ1v) is 8.36. The van der Waals surface area contributed by atoms with Gasteiger partial charge in [-0.05, 0) is 49.3 Å². The molecule has 1 aliphatic rings. The minimum atomic E-state index is -0.128. The Morgan fingerprint density at radius 2 is 2.05 bits per heavy atom. The number of hydrogen-bond acceptors (Lipinski definition) is 4. The van der Waals surface area contributed by atoms with E-state index in [-0.39, 0.29) is 18.2 Å². The zero-order valence-electron chi connectivity index (χ0n) is 12.2. The molecule has 0 aliphatic heterocycles.